The summed E-state index contributed by atoms with van der Waals surface area (Å²) >= 11 is 0. The van der Waals surface area contributed by atoms with Crippen LogP contribution in [0.2, 0.25) is 0 Å². The molecule has 0 spiro atoms. The number of nitrogens with one attached hydrogen (secondary N) is 1. The molecule has 0 radical (unpaired) electrons. The summed E-state index contributed by atoms with van der Waals surface area (Å²) in [5.74, 6) is -0.893. The van der Waals surface area contributed by atoms with Crippen molar-refractivity contribution in [3.8, 4) is 6.07 Å². The van der Waals surface area contributed by atoms with Gasteiger partial charge in [-0.05, 0) is 55.8 Å². The first-order chi connectivity index (χ1) is 15.0. The summed E-state index contributed by atoms with van der Waals surface area (Å²) in [5.41, 5.74) is 3.36. The molecule has 1 heterocycles. The molecule has 1 aliphatic rings. The Labute approximate surface area is 182 Å². The van der Waals surface area contributed by atoms with E-state index in [4.69, 9.17) is 4.74 Å². The van der Waals surface area contributed by atoms with Gasteiger partial charge in [-0.2, -0.15) is 5.26 Å². The largest absolute Gasteiger partial charge is 0.462 e. The van der Waals surface area contributed by atoms with Crippen LogP contribution < -0.4 is 10.2 Å². The number of amides is 1. The molecular weight excluding hydrogens is 392 g/mol. The van der Waals surface area contributed by atoms with Gasteiger partial charge in [-0.1, -0.05) is 12.1 Å². The number of hydrogen-bond donors (Lipinski definition) is 1. The average molecular weight is 418 g/mol. The highest BCUT2D eigenvalue weighted by molar-refractivity contribution is 6.06. The number of aryl methyl sites for hydroxylation is 1. The topological polar surface area (TPSA) is 85.7 Å². The molecule has 7 nitrogen and oxygen atoms in total. The van der Waals surface area contributed by atoms with Gasteiger partial charge in [0.2, 0.25) is 0 Å². The highest BCUT2D eigenvalue weighted by atomic mass is 16.5. The van der Waals surface area contributed by atoms with Crippen LogP contribution in [0.4, 0.5) is 11.4 Å². The van der Waals surface area contributed by atoms with Gasteiger partial charge in [-0.25, -0.2) is 4.79 Å². The molecule has 0 aliphatic carbocycles. The third-order valence-electron chi connectivity index (χ3n) is 5.01. The molecule has 160 valence electrons. The third-order valence-corrected chi connectivity index (χ3v) is 5.01. The first-order valence-electron chi connectivity index (χ1n) is 10.3. The number of anilines is 2. The van der Waals surface area contributed by atoms with E-state index in [1.807, 2.05) is 17.0 Å². The van der Waals surface area contributed by atoms with Crippen molar-refractivity contribution >= 4 is 23.3 Å². The third kappa shape index (κ3) is 5.86. The van der Waals surface area contributed by atoms with Gasteiger partial charge in [0.05, 0.1) is 12.2 Å². The van der Waals surface area contributed by atoms with Gasteiger partial charge < -0.3 is 19.9 Å². The molecule has 3 rings (SSSR count). The molecule has 0 atom stereocenters. The van der Waals surface area contributed by atoms with Gasteiger partial charge in [-0.3, -0.25) is 4.79 Å². The van der Waals surface area contributed by atoms with Crippen LogP contribution in [0.1, 0.15) is 22.8 Å². The predicted octanol–water partition coefficient (Wildman–Crippen LogP) is 3.34. The van der Waals surface area contributed by atoms with Crippen LogP contribution >= 0.6 is 0 Å². The van der Waals surface area contributed by atoms with E-state index in [2.05, 4.69) is 35.3 Å². The maximum absolute atomic E-state index is 12.5. The number of carbonyl (C=O) groups excluding carboxylic acids is 2. The molecule has 1 N–H and O–H groups in total. The molecule has 31 heavy (non-hydrogen) atoms. The zero-order chi connectivity index (χ0) is 22.2. The van der Waals surface area contributed by atoms with Gasteiger partial charge in [0.1, 0.15) is 11.6 Å². The zero-order valence-corrected chi connectivity index (χ0v) is 17.8. The quantitative estimate of drug-likeness (QED) is 0.440. The van der Waals surface area contributed by atoms with Gasteiger partial charge in [-0.15, -0.1) is 0 Å². The summed E-state index contributed by atoms with van der Waals surface area (Å²) in [6.07, 6.45) is 1.62. The maximum atomic E-state index is 12.5. The Kier molecular flexibility index (Phi) is 7.28. The van der Waals surface area contributed by atoms with E-state index in [1.54, 1.807) is 37.4 Å². The maximum Gasteiger partial charge on any atom is 0.338 e. The molecular formula is C24H26N4O3. The number of piperazine rings is 1. The Morgan fingerprint density at radius 3 is 2.45 bits per heavy atom. The molecule has 1 aliphatic heterocycles. The number of esters is 1. The van der Waals surface area contributed by atoms with Crippen molar-refractivity contribution in [1.29, 1.82) is 5.26 Å². The number of carbonyl (C=O) groups is 2. The molecule has 2 aromatic rings. The van der Waals surface area contributed by atoms with Crippen LogP contribution in [-0.2, 0) is 9.53 Å². The Bertz CT molecular complexity index is 1000. The predicted molar refractivity (Wildman–Crippen MR) is 120 cm³/mol. The first-order valence-corrected chi connectivity index (χ1v) is 10.3. The Balaban J connectivity index is 1.58. The van der Waals surface area contributed by atoms with Gasteiger partial charge in [0.15, 0.2) is 0 Å². The van der Waals surface area contributed by atoms with Crippen molar-refractivity contribution < 1.29 is 14.3 Å². The van der Waals surface area contributed by atoms with Gasteiger partial charge in [0, 0.05) is 43.8 Å². The van der Waals surface area contributed by atoms with E-state index >= 15 is 0 Å². The molecule has 7 heteroatoms. The van der Waals surface area contributed by atoms with Crippen LogP contribution in [0.15, 0.2) is 60.3 Å². The fourth-order valence-corrected chi connectivity index (χ4v) is 3.36. The minimum Gasteiger partial charge on any atom is -0.462 e. The van der Waals surface area contributed by atoms with Crippen molar-refractivity contribution in [2.24, 2.45) is 0 Å². The molecule has 0 unspecified atom stereocenters. The fraction of sp³-hybridized carbons (Fsp3) is 0.292. The number of hydrogen-bond acceptors (Lipinski definition) is 6. The summed E-state index contributed by atoms with van der Waals surface area (Å²) in [7, 11) is 0. The lowest BCUT2D eigenvalue weighted by Gasteiger charge is -2.35. The van der Waals surface area contributed by atoms with Crippen molar-refractivity contribution in [1.82, 2.24) is 4.90 Å². The van der Waals surface area contributed by atoms with Gasteiger partial charge >= 0.3 is 5.97 Å². The minimum atomic E-state index is -0.479. The first kappa shape index (κ1) is 21.9. The smallest absolute Gasteiger partial charge is 0.338 e. The van der Waals surface area contributed by atoms with Gasteiger partial charge in [0.25, 0.3) is 5.91 Å². The molecule has 0 saturated carbocycles. The molecule has 1 fully saturated rings. The van der Waals surface area contributed by atoms with E-state index in [0.717, 1.165) is 26.2 Å². The average Bonchev–Trinajstić information content (AvgIpc) is 2.78. The number of nitriles is 1. The highest BCUT2D eigenvalue weighted by Crippen LogP contribution is 2.18. The van der Waals surface area contributed by atoms with Crippen LogP contribution in [0.25, 0.3) is 0 Å². The van der Waals surface area contributed by atoms with Crippen LogP contribution in [0.3, 0.4) is 0 Å². The van der Waals surface area contributed by atoms with Crippen LogP contribution in [0, 0.1) is 18.3 Å². The van der Waals surface area contributed by atoms with Crippen molar-refractivity contribution in [3.05, 3.63) is 71.4 Å². The van der Waals surface area contributed by atoms with Crippen LogP contribution in [0.5, 0.6) is 0 Å². The lowest BCUT2D eigenvalue weighted by Crippen LogP contribution is -2.44. The summed E-state index contributed by atoms with van der Waals surface area (Å²) in [5, 5.41) is 12.2. The van der Waals surface area contributed by atoms with E-state index in [0.29, 0.717) is 17.9 Å². The molecule has 0 aromatic heterocycles. The van der Waals surface area contributed by atoms with E-state index in [-0.39, 0.29) is 5.57 Å². The van der Waals surface area contributed by atoms with E-state index in [1.165, 1.54) is 11.3 Å². The highest BCUT2D eigenvalue weighted by Gasteiger charge is 2.18. The molecule has 2 aromatic carbocycles. The summed E-state index contributed by atoms with van der Waals surface area (Å²) < 4.78 is 4.94. The summed E-state index contributed by atoms with van der Waals surface area (Å²) in [6, 6.07) is 16.7. The SMILES string of the molecule is CCOC(=O)c1ccc(NC(=O)/C(C#N)=C\N2CCN(c3cccc(C)c3)CC2)cc1. The number of rotatable bonds is 6. The Morgan fingerprint density at radius 2 is 1.84 bits per heavy atom. The second kappa shape index (κ2) is 10.3. The Morgan fingerprint density at radius 1 is 1.13 bits per heavy atom. The second-order valence-electron chi connectivity index (χ2n) is 7.27. The minimum absolute atomic E-state index is 0.0403. The Hall–Kier alpha value is -3.79. The van der Waals surface area contributed by atoms with Crippen molar-refractivity contribution in [2.75, 3.05) is 43.0 Å². The van der Waals surface area contributed by atoms with E-state index in [9.17, 15) is 14.9 Å². The van der Waals surface area contributed by atoms with Crippen molar-refractivity contribution in [3.63, 3.8) is 0 Å². The van der Waals surface area contributed by atoms with Crippen LogP contribution in [-0.4, -0.2) is 49.6 Å². The monoisotopic (exact) mass is 418 g/mol. The zero-order valence-electron chi connectivity index (χ0n) is 17.8. The van der Waals surface area contributed by atoms with Crippen molar-refractivity contribution in [2.45, 2.75) is 13.8 Å². The number of benzene rings is 2. The summed E-state index contributed by atoms with van der Waals surface area (Å²) in [6.45, 7) is 7.19. The number of nitrogens with zero attached hydrogens (tertiary/aromatic N) is 3. The summed E-state index contributed by atoms with van der Waals surface area (Å²) in [4.78, 5) is 28.5. The number of ether oxygens (including phenoxy) is 1. The second-order valence-corrected chi connectivity index (χ2v) is 7.27. The standard InChI is InChI=1S/C24H26N4O3/c1-3-31-24(30)19-7-9-21(10-8-19)26-23(29)20(16-25)17-27-11-13-28(14-12-27)22-6-4-5-18(2)15-22/h4-10,15,17H,3,11-14H2,1-2H3,(H,26,29)/b20-17-. The fourth-order valence-electron chi connectivity index (χ4n) is 3.36. The molecule has 1 amide bonds. The van der Waals surface area contributed by atoms with E-state index < -0.39 is 11.9 Å². The lowest BCUT2D eigenvalue weighted by atomic mass is 10.2. The normalized spacial score (nSPS) is 14.0. The lowest BCUT2D eigenvalue weighted by molar-refractivity contribution is -0.112. The molecule has 1 saturated heterocycles. The molecule has 0 bridgehead atoms.